The fourth-order valence-electron chi connectivity index (χ4n) is 4.41. The Morgan fingerprint density at radius 1 is 1.14 bits per heavy atom. The van der Waals surface area contributed by atoms with Gasteiger partial charge in [-0.05, 0) is 64.5 Å². The van der Waals surface area contributed by atoms with Gasteiger partial charge in [-0.15, -0.1) is 0 Å². The number of carbonyl (C=O) groups excluding carboxylic acids is 2. The Morgan fingerprint density at radius 3 is 2.52 bits per heavy atom. The smallest absolute Gasteiger partial charge is 0.256 e. The van der Waals surface area contributed by atoms with Crippen LogP contribution in [0.1, 0.15) is 47.5 Å². The first-order valence-corrected chi connectivity index (χ1v) is 10.8. The Hall–Kier alpha value is -1.93. The maximum absolute atomic E-state index is 12.4. The molecule has 0 unspecified atom stereocenters. The number of hydrogen-bond donors (Lipinski definition) is 1. The number of likely N-dealkylation sites (tertiary alicyclic amines) is 1. The highest BCUT2D eigenvalue weighted by atomic mass is 16.5. The SMILES string of the molecule is Cc1noc(C)c1C(=O)NC[C@H]1CN(CC2CCN(CC3CC3)CC2)C(=O)CO1. The summed E-state index contributed by atoms with van der Waals surface area (Å²) < 4.78 is 10.7. The van der Waals surface area contributed by atoms with Crippen molar-refractivity contribution >= 4 is 11.8 Å². The van der Waals surface area contributed by atoms with Gasteiger partial charge in [0, 0.05) is 26.2 Å². The van der Waals surface area contributed by atoms with Gasteiger partial charge in [0.25, 0.3) is 5.91 Å². The second kappa shape index (κ2) is 8.83. The molecule has 4 rings (SSSR count). The maximum atomic E-state index is 12.4. The van der Waals surface area contributed by atoms with Crippen LogP contribution in [0.25, 0.3) is 0 Å². The third kappa shape index (κ3) is 5.17. The quantitative estimate of drug-likeness (QED) is 0.739. The average Bonchev–Trinajstić information content (AvgIpc) is 3.46. The molecule has 1 atom stereocenters. The Balaban J connectivity index is 1.23. The monoisotopic (exact) mass is 404 g/mol. The van der Waals surface area contributed by atoms with Crippen LogP contribution in [0.15, 0.2) is 4.52 Å². The summed E-state index contributed by atoms with van der Waals surface area (Å²) in [7, 11) is 0. The van der Waals surface area contributed by atoms with Crippen molar-refractivity contribution in [2.24, 2.45) is 11.8 Å². The minimum Gasteiger partial charge on any atom is -0.365 e. The van der Waals surface area contributed by atoms with Crippen LogP contribution in [0.2, 0.25) is 0 Å². The fourth-order valence-corrected chi connectivity index (χ4v) is 4.41. The standard InChI is InChI=1S/C21H32N4O4/c1-14-20(15(2)29-23-14)21(27)22-9-18-12-25(19(26)13-28-18)11-17-5-7-24(8-6-17)10-16-3-4-16/h16-18H,3-13H2,1-2H3,(H,22,27)/t18-/m0/s1. The largest absolute Gasteiger partial charge is 0.365 e. The number of amides is 2. The van der Waals surface area contributed by atoms with Crippen LogP contribution in [-0.4, -0.2) is 78.8 Å². The Bertz CT molecular complexity index is 718. The van der Waals surface area contributed by atoms with Gasteiger partial charge < -0.3 is 24.4 Å². The normalized spacial score (nSPS) is 24.1. The zero-order chi connectivity index (χ0) is 20.4. The van der Waals surface area contributed by atoms with Crippen molar-refractivity contribution in [1.82, 2.24) is 20.3 Å². The number of ether oxygens (including phenoxy) is 1. The third-order valence-corrected chi connectivity index (χ3v) is 6.37. The number of nitrogens with zero attached hydrogens (tertiary/aromatic N) is 3. The van der Waals surface area contributed by atoms with Crippen molar-refractivity contribution in [1.29, 1.82) is 0 Å². The molecule has 0 spiro atoms. The molecule has 29 heavy (non-hydrogen) atoms. The van der Waals surface area contributed by atoms with Gasteiger partial charge >= 0.3 is 0 Å². The van der Waals surface area contributed by atoms with E-state index in [1.165, 1.54) is 19.4 Å². The molecule has 2 aliphatic heterocycles. The molecule has 1 saturated carbocycles. The van der Waals surface area contributed by atoms with Crippen LogP contribution >= 0.6 is 0 Å². The van der Waals surface area contributed by atoms with Crippen molar-refractivity contribution in [3.05, 3.63) is 17.0 Å². The van der Waals surface area contributed by atoms with Gasteiger partial charge in [0.15, 0.2) is 0 Å². The first kappa shape index (κ1) is 20.3. The molecule has 2 amide bonds. The van der Waals surface area contributed by atoms with E-state index >= 15 is 0 Å². The molecular weight excluding hydrogens is 372 g/mol. The molecule has 3 aliphatic rings. The van der Waals surface area contributed by atoms with E-state index in [-0.39, 0.29) is 24.5 Å². The maximum Gasteiger partial charge on any atom is 0.256 e. The molecule has 1 aliphatic carbocycles. The molecule has 0 bridgehead atoms. The lowest BCUT2D eigenvalue weighted by molar-refractivity contribution is -0.149. The lowest BCUT2D eigenvalue weighted by Gasteiger charge is -2.38. The van der Waals surface area contributed by atoms with Crippen LogP contribution in [0.4, 0.5) is 0 Å². The van der Waals surface area contributed by atoms with Gasteiger partial charge in [0.2, 0.25) is 5.91 Å². The van der Waals surface area contributed by atoms with Crippen LogP contribution in [-0.2, 0) is 9.53 Å². The number of carbonyl (C=O) groups is 2. The molecule has 0 radical (unpaired) electrons. The number of morpholine rings is 1. The predicted molar refractivity (Wildman–Crippen MR) is 107 cm³/mol. The summed E-state index contributed by atoms with van der Waals surface area (Å²) in [6.45, 7) is 8.82. The molecule has 0 aromatic carbocycles. The second-order valence-electron chi connectivity index (χ2n) is 8.83. The highest BCUT2D eigenvalue weighted by Gasteiger charge is 2.31. The zero-order valence-corrected chi connectivity index (χ0v) is 17.5. The van der Waals surface area contributed by atoms with Crippen LogP contribution in [0.5, 0.6) is 0 Å². The van der Waals surface area contributed by atoms with Crippen LogP contribution in [0, 0.1) is 25.7 Å². The van der Waals surface area contributed by atoms with Gasteiger partial charge in [-0.25, -0.2) is 0 Å². The van der Waals surface area contributed by atoms with E-state index in [0.717, 1.165) is 38.4 Å². The molecule has 8 heteroatoms. The molecule has 3 fully saturated rings. The average molecular weight is 405 g/mol. The van der Waals surface area contributed by atoms with Crippen molar-refractivity contribution in [2.75, 3.05) is 45.9 Å². The summed E-state index contributed by atoms with van der Waals surface area (Å²) in [5.74, 6) is 1.85. The lowest BCUT2D eigenvalue weighted by Crippen LogP contribution is -2.52. The number of aryl methyl sites for hydroxylation is 2. The number of hydrogen-bond acceptors (Lipinski definition) is 6. The van der Waals surface area contributed by atoms with Gasteiger partial charge in [-0.3, -0.25) is 9.59 Å². The molecular formula is C21H32N4O4. The molecule has 1 aromatic heterocycles. The highest BCUT2D eigenvalue weighted by molar-refractivity contribution is 5.96. The summed E-state index contributed by atoms with van der Waals surface area (Å²) >= 11 is 0. The van der Waals surface area contributed by atoms with Crippen molar-refractivity contribution in [3.63, 3.8) is 0 Å². The highest BCUT2D eigenvalue weighted by Crippen LogP contribution is 2.31. The van der Waals surface area contributed by atoms with Gasteiger partial charge in [0.05, 0.1) is 11.8 Å². The molecule has 1 N–H and O–H groups in total. The van der Waals surface area contributed by atoms with Crippen molar-refractivity contribution in [3.8, 4) is 0 Å². The lowest BCUT2D eigenvalue weighted by atomic mass is 9.95. The minimum atomic E-state index is -0.212. The molecule has 3 heterocycles. The number of rotatable bonds is 7. The van der Waals surface area contributed by atoms with E-state index in [4.69, 9.17) is 9.26 Å². The fraction of sp³-hybridized carbons (Fsp3) is 0.762. The predicted octanol–water partition coefficient (Wildman–Crippen LogP) is 1.37. The van der Waals surface area contributed by atoms with Crippen LogP contribution in [0.3, 0.4) is 0 Å². The summed E-state index contributed by atoms with van der Waals surface area (Å²) in [4.78, 5) is 29.3. The second-order valence-corrected chi connectivity index (χ2v) is 8.83. The zero-order valence-electron chi connectivity index (χ0n) is 17.5. The first-order valence-electron chi connectivity index (χ1n) is 10.8. The van der Waals surface area contributed by atoms with E-state index in [9.17, 15) is 9.59 Å². The number of nitrogens with one attached hydrogen (secondary N) is 1. The minimum absolute atomic E-state index is 0.0544. The van der Waals surface area contributed by atoms with E-state index in [0.29, 0.717) is 36.0 Å². The summed E-state index contributed by atoms with van der Waals surface area (Å²) in [6.07, 6.45) is 4.93. The topological polar surface area (TPSA) is 87.9 Å². The van der Waals surface area contributed by atoms with Gasteiger partial charge in [-0.2, -0.15) is 0 Å². The summed E-state index contributed by atoms with van der Waals surface area (Å²) in [5.41, 5.74) is 1.06. The van der Waals surface area contributed by atoms with E-state index in [2.05, 4.69) is 15.4 Å². The van der Waals surface area contributed by atoms with Crippen LogP contribution < -0.4 is 5.32 Å². The van der Waals surface area contributed by atoms with Crippen molar-refractivity contribution < 1.29 is 18.8 Å². The summed E-state index contributed by atoms with van der Waals surface area (Å²) in [5, 5.41) is 6.72. The van der Waals surface area contributed by atoms with E-state index in [1.54, 1.807) is 13.8 Å². The molecule has 1 aromatic rings. The number of piperidine rings is 1. The third-order valence-electron chi connectivity index (χ3n) is 6.37. The van der Waals surface area contributed by atoms with Gasteiger partial charge in [0.1, 0.15) is 17.9 Å². The van der Waals surface area contributed by atoms with E-state index in [1.807, 2.05) is 4.90 Å². The van der Waals surface area contributed by atoms with E-state index < -0.39 is 0 Å². The number of aromatic nitrogens is 1. The molecule has 8 nitrogen and oxygen atoms in total. The summed E-state index contributed by atoms with van der Waals surface area (Å²) in [6, 6.07) is 0. The molecule has 2 saturated heterocycles. The molecule has 160 valence electrons. The Labute approximate surface area is 171 Å². The Kier molecular flexibility index (Phi) is 6.20. The van der Waals surface area contributed by atoms with Crippen molar-refractivity contribution in [2.45, 2.75) is 45.6 Å². The van der Waals surface area contributed by atoms with Gasteiger partial charge in [-0.1, -0.05) is 5.16 Å². The first-order chi connectivity index (χ1) is 14.0. The Morgan fingerprint density at radius 2 is 1.86 bits per heavy atom.